The van der Waals surface area contributed by atoms with Gasteiger partial charge in [-0.05, 0) is 76.2 Å². The van der Waals surface area contributed by atoms with Gasteiger partial charge in [0.05, 0.1) is 19.3 Å². The summed E-state index contributed by atoms with van der Waals surface area (Å²) in [6, 6.07) is 5.94. The van der Waals surface area contributed by atoms with Crippen LogP contribution < -0.4 is 20.1 Å². The van der Waals surface area contributed by atoms with Crippen molar-refractivity contribution in [3.8, 4) is 11.5 Å². The summed E-state index contributed by atoms with van der Waals surface area (Å²) in [5.74, 6) is 1.82. The van der Waals surface area contributed by atoms with Gasteiger partial charge in [-0.15, -0.1) is 12.4 Å². The molecular formula is C20H31ClN2O3. The number of rotatable bonds is 6. The molecule has 1 unspecified atom stereocenters. The molecule has 1 aromatic rings. The van der Waals surface area contributed by atoms with Crippen molar-refractivity contribution in [2.75, 3.05) is 20.2 Å². The largest absolute Gasteiger partial charge is 0.493 e. The van der Waals surface area contributed by atoms with E-state index in [1.165, 1.54) is 12.8 Å². The number of piperidine rings is 1. The molecule has 26 heavy (non-hydrogen) atoms. The van der Waals surface area contributed by atoms with E-state index in [9.17, 15) is 4.79 Å². The lowest BCUT2D eigenvalue weighted by Gasteiger charge is -2.24. The van der Waals surface area contributed by atoms with Crippen molar-refractivity contribution in [2.45, 2.75) is 57.6 Å². The second-order valence-electron chi connectivity index (χ2n) is 7.19. The molecule has 1 aromatic carbocycles. The molecule has 1 saturated carbocycles. The van der Waals surface area contributed by atoms with E-state index in [0.29, 0.717) is 6.10 Å². The Morgan fingerprint density at radius 3 is 2.50 bits per heavy atom. The topological polar surface area (TPSA) is 59.6 Å². The van der Waals surface area contributed by atoms with E-state index in [1.807, 2.05) is 25.1 Å². The molecule has 0 aromatic heterocycles. The van der Waals surface area contributed by atoms with Crippen molar-refractivity contribution in [3.05, 3.63) is 23.8 Å². The zero-order valence-corrected chi connectivity index (χ0v) is 16.6. The SMILES string of the molecule is COc1cc(C(C)NC(=O)C2CCNCC2)ccc1OC1CCCC1.Cl. The highest BCUT2D eigenvalue weighted by molar-refractivity contribution is 5.85. The number of halogens is 1. The van der Waals surface area contributed by atoms with Gasteiger partial charge < -0.3 is 20.1 Å². The number of hydrogen-bond acceptors (Lipinski definition) is 4. The number of benzene rings is 1. The van der Waals surface area contributed by atoms with Gasteiger partial charge in [0.25, 0.3) is 0 Å². The first-order valence-electron chi connectivity index (χ1n) is 9.53. The molecule has 1 aliphatic heterocycles. The van der Waals surface area contributed by atoms with Crippen LogP contribution in [0.25, 0.3) is 0 Å². The van der Waals surface area contributed by atoms with Crippen LogP contribution in [-0.2, 0) is 4.79 Å². The van der Waals surface area contributed by atoms with E-state index in [0.717, 1.165) is 55.8 Å². The third-order valence-electron chi connectivity index (χ3n) is 5.35. The Morgan fingerprint density at radius 2 is 1.85 bits per heavy atom. The summed E-state index contributed by atoms with van der Waals surface area (Å²) in [5.41, 5.74) is 1.04. The standard InChI is InChI=1S/C20H30N2O3.ClH/c1-14(22-20(23)15-9-11-21-12-10-15)16-7-8-18(19(13-16)24-2)25-17-5-3-4-6-17;/h7-8,13-15,17,21H,3-6,9-12H2,1-2H3,(H,22,23);1H. The van der Waals surface area contributed by atoms with Gasteiger partial charge in [-0.2, -0.15) is 0 Å². The first-order valence-corrected chi connectivity index (χ1v) is 9.53. The first-order chi connectivity index (χ1) is 12.2. The average molecular weight is 383 g/mol. The van der Waals surface area contributed by atoms with E-state index in [4.69, 9.17) is 9.47 Å². The normalized spacial score (nSPS) is 19.5. The number of nitrogens with one attached hydrogen (secondary N) is 2. The van der Waals surface area contributed by atoms with Gasteiger partial charge in [-0.1, -0.05) is 6.07 Å². The molecule has 0 bridgehead atoms. The Hall–Kier alpha value is -1.46. The van der Waals surface area contributed by atoms with Crippen molar-refractivity contribution >= 4 is 18.3 Å². The molecule has 1 heterocycles. The van der Waals surface area contributed by atoms with Crippen LogP contribution in [0.5, 0.6) is 11.5 Å². The van der Waals surface area contributed by atoms with Gasteiger partial charge in [0.1, 0.15) is 0 Å². The maximum Gasteiger partial charge on any atom is 0.223 e. The van der Waals surface area contributed by atoms with Crippen molar-refractivity contribution < 1.29 is 14.3 Å². The monoisotopic (exact) mass is 382 g/mol. The zero-order chi connectivity index (χ0) is 17.6. The second-order valence-corrected chi connectivity index (χ2v) is 7.19. The predicted octanol–water partition coefficient (Wildman–Crippen LogP) is 3.62. The molecule has 0 spiro atoms. The highest BCUT2D eigenvalue weighted by Crippen LogP contribution is 2.33. The second kappa shape index (κ2) is 10.0. The van der Waals surface area contributed by atoms with Gasteiger partial charge >= 0.3 is 0 Å². The van der Waals surface area contributed by atoms with Crippen LogP contribution in [0, 0.1) is 5.92 Å². The molecule has 2 aliphatic rings. The van der Waals surface area contributed by atoms with Crippen LogP contribution in [0.15, 0.2) is 18.2 Å². The first kappa shape index (κ1) is 20.8. The molecule has 1 saturated heterocycles. The molecule has 146 valence electrons. The van der Waals surface area contributed by atoms with Gasteiger partial charge in [-0.25, -0.2) is 0 Å². The van der Waals surface area contributed by atoms with Crippen molar-refractivity contribution in [1.82, 2.24) is 10.6 Å². The summed E-state index contributed by atoms with van der Waals surface area (Å²) in [4.78, 5) is 12.4. The van der Waals surface area contributed by atoms with Crippen molar-refractivity contribution in [1.29, 1.82) is 0 Å². The number of amides is 1. The molecule has 3 rings (SSSR count). The lowest BCUT2D eigenvalue weighted by atomic mass is 9.96. The predicted molar refractivity (Wildman–Crippen MR) is 105 cm³/mol. The average Bonchev–Trinajstić information content (AvgIpc) is 3.15. The van der Waals surface area contributed by atoms with E-state index >= 15 is 0 Å². The highest BCUT2D eigenvalue weighted by Gasteiger charge is 2.23. The fourth-order valence-corrected chi connectivity index (χ4v) is 3.74. The number of carbonyl (C=O) groups excluding carboxylic acids is 1. The van der Waals surface area contributed by atoms with Gasteiger partial charge in [0.2, 0.25) is 5.91 Å². The Kier molecular flexibility index (Phi) is 8.04. The minimum Gasteiger partial charge on any atom is -0.493 e. The molecule has 1 atom stereocenters. The number of hydrogen-bond donors (Lipinski definition) is 2. The summed E-state index contributed by atoms with van der Waals surface area (Å²) >= 11 is 0. The maximum absolute atomic E-state index is 12.4. The molecule has 6 heteroatoms. The van der Waals surface area contributed by atoms with Crippen LogP contribution in [0.2, 0.25) is 0 Å². The summed E-state index contributed by atoms with van der Waals surface area (Å²) in [5, 5.41) is 6.44. The Balaban J connectivity index is 0.00000243. The number of methoxy groups -OCH3 is 1. The quantitative estimate of drug-likeness (QED) is 0.788. The van der Waals surface area contributed by atoms with E-state index in [-0.39, 0.29) is 30.3 Å². The van der Waals surface area contributed by atoms with Crippen molar-refractivity contribution in [2.24, 2.45) is 5.92 Å². The minimum atomic E-state index is -0.0446. The lowest BCUT2D eigenvalue weighted by molar-refractivity contribution is -0.126. The van der Waals surface area contributed by atoms with Crippen molar-refractivity contribution in [3.63, 3.8) is 0 Å². The Morgan fingerprint density at radius 1 is 1.15 bits per heavy atom. The molecule has 0 radical (unpaired) electrons. The number of carbonyl (C=O) groups is 1. The van der Waals surface area contributed by atoms with Crippen LogP contribution in [-0.4, -0.2) is 32.2 Å². The zero-order valence-electron chi connectivity index (χ0n) is 15.8. The molecule has 5 nitrogen and oxygen atoms in total. The molecular weight excluding hydrogens is 352 g/mol. The van der Waals surface area contributed by atoms with E-state index < -0.39 is 0 Å². The summed E-state index contributed by atoms with van der Waals surface area (Å²) in [6.45, 7) is 3.87. The van der Waals surface area contributed by atoms with Crippen LogP contribution in [0.4, 0.5) is 0 Å². The van der Waals surface area contributed by atoms with Crippen LogP contribution in [0.3, 0.4) is 0 Å². The van der Waals surface area contributed by atoms with Gasteiger partial charge in [-0.3, -0.25) is 4.79 Å². The Labute approximate surface area is 162 Å². The third kappa shape index (κ3) is 5.27. The fourth-order valence-electron chi connectivity index (χ4n) is 3.74. The van der Waals surface area contributed by atoms with Crippen LogP contribution >= 0.6 is 12.4 Å². The third-order valence-corrected chi connectivity index (χ3v) is 5.35. The summed E-state index contributed by atoms with van der Waals surface area (Å²) in [6.07, 6.45) is 6.85. The lowest BCUT2D eigenvalue weighted by Crippen LogP contribution is -2.39. The highest BCUT2D eigenvalue weighted by atomic mass is 35.5. The molecule has 1 amide bonds. The Bertz CT molecular complexity index is 584. The molecule has 2 fully saturated rings. The fraction of sp³-hybridized carbons (Fsp3) is 0.650. The maximum atomic E-state index is 12.4. The number of ether oxygens (including phenoxy) is 2. The van der Waals surface area contributed by atoms with Gasteiger partial charge in [0, 0.05) is 5.92 Å². The van der Waals surface area contributed by atoms with E-state index in [1.54, 1.807) is 7.11 Å². The summed E-state index contributed by atoms with van der Waals surface area (Å²) < 4.78 is 11.6. The van der Waals surface area contributed by atoms with Gasteiger partial charge in [0.15, 0.2) is 11.5 Å². The minimum absolute atomic E-state index is 0. The summed E-state index contributed by atoms with van der Waals surface area (Å²) in [7, 11) is 1.67. The van der Waals surface area contributed by atoms with E-state index in [2.05, 4.69) is 10.6 Å². The smallest absolute Gasteiger partial charge is 0.223 e. The molecule has 2 N–H and O–H groups in total. The molecule has 1 aliphatic carbocycles. The van der Waals surface area contributed by atoms with Crippen LogP contribution in [0.1, 0.15) is 57.1 Å².